The van der Waals surface area contributed by atoms with Gasteiger partial charge in [-0.25, -0.2) is 4.39 Å². The lowest BCUT2D eigenvalue weighted by atomic mass is 9.89. The highest BCUT2D eigenvalue weighted by Gasteiger charge is 2.24. The molecular formula is C15H14Br2FNO. The molecule has 0 fully saturated rings. The summed E-state index contributed by atoms with van der Waals surface area (Å²) in [5, 5.41) is 10.4. The average Bonchev–Trinajstić information content (AvgIpc) is 2.39. The Balaban J connectivity index is 2.36. The number of benzene rings is 2. The second-order valence-corrected chi connectivity index (χ2v) is 6.34. The van der Waals surface area contributed by atoms with E-state index in [1.165, 1.54) is 6.07 Å². The maximum atomic E-state index is 14.0. The molecule has 0 heterocycles. The second kappa shape index (κ2) is 6.80. The summed E-state index contributed by atoms with van der Waals surface area (Å²) in [4.78, 5) is 0. The number of aliphatic hydroxyl groups excluding tert-OH is 1. The standard InChI is InChI=1S/C15H14Br2FNO/c16-10-3-1-2-9(6-10)13(8-19)15(20)12-5-4-11(17)7-14(12)18/h1-7,13,15,20H,8,19H2. The quantitative estimate of drug-likeness (QED) is 0.807. The lowest BCUT2D eigenvalue weighted by Crippen LogP contribution is -2.21. The van der Waals surface area contributed by atoms with Crippen molar-refractivity contribution in [3.63, 3.8) is 0 Å². The predicted octanol–water partition coefficient (Wildman–Crippen LogP) is 4.13. The van der Waals surface area contributed by atoms with Gasteiger partial charge in [-0.3, -0.25) is 0 Å². The molecule has 0 spiro atoms. The Morgan fingerprint density at radius 2 is 1.80 bits per heavy atom. The van der Waals surface area contributed by atoms with Crippen molar-refractivity contribution in [1.29, 1.82) is 0 Å². The highest BCUT2D eigenvalue weighted by atomic mass is 79.9. The molecule has 20 heavy (non-hydrogen) atoms. The summed E-state index contributed by atoms with van der Waals surface area (Å²) in [6.07, 6.45) is -0.984. The number of nitrogens with two attached hydrogens (primary N) is 1. The van der Waals surface area contributed by atoms with Gasteiger partial charge in [0.25, 0.3) is 0 Å². The summed E-state index contributed by atoms with van der Waals surface area (Å²) in [5.74, 6) is -0.802. The van der Waals surface area contributed by atoms with Gasteiger partial charge in [0.15, 0.2) is 0 Å². The molecule has 2 atom stereocenters. The number of halogens is 3. The van der Waals surface area contributed by atoms with Crippen molar-refractivity contribution in [3.8, 4) is 0 Å². The van der Waals surface area contributed by atoms with Gasteiger partial charge in [-0.2, -0.15) is 0 Å². The van der Waals surface area contributed by atoms with E-state index in [-0.39, 0.29) is 18.0 Å². The molecule has 0 aliphatic carbocycles. The van der Waals surface area contributed by atoms with Gasteiger partial charge in [-0.05, 0) is 29.8 Å². The van der Waals surface area contributed by atoms with E-state index in [2.05, 4.69) is 31.9 Å². The van der Waals surface area contributed by atoms with Crippen molar-refractivity contribution in [1.82, 2.24) is 0 Å². The van der Waals surface area contributed by atoms with Crippen LogP contribution in [0.3, 0.4) is 0 Å². The Kier molecular flexibility index (Phi) is 5.32. The molecule has 2 unspecified atom stereocenters. The molecule has 0 bridgehead atoms. The molecule has 0 aliphatic heterocycles. The molecule has 0 aliphatic rings. The minimum Gasteiger partial charge on any atom is -0.388 e. The van der Waals surface area contributed by atoms with Crippen LogP contribution in [0.25, 0.3) is 0 Å². The normalized spacial score (nSPS) is 14.1. The molecule has 0 saturated carbocycles. The largest absolute Gasteiger partial charge is 0.388 e. The SMILES string of the molecule is NCC(c1cccc(Br)c1)C(O)c1ccc(Br)cc1F. The van der Waals surface area contributed by atoms with E-state index < -0.39 is 11.9 Å². The molecule has 0 saturated heterocycles. The van der Waals surface area contributed by atoms with E-state index in [9.17, 15) is 9.50 Å². The van der Waals surface area contributed by atoms with E-state index >= 15 is 0 Å². The Morgan fingerprint density at radius 1 is 1.10 bits per heavy atom. The van der Waals surface area contributed by atoms with E-state index in [1.54, 1.807) is 12.1 Å². The fraction of sp³-hybridized carbons (Fsp3) is 0.200. The molecule has 2 aromatic carbocycles. The van der Waals surface area contributed by atoms with Gasteiger partial charge >= 0.3 is 0 Å². The number of hydrogen-bond donors (Lipinski definition) is 2. The third-order valence-electron chi connectivity index (χ3n) is 3.19. The highest BCUT2D eigenvalue weighted by molar-refractivity contribution is 9.10. The second-order valence-electron chi connectivity index (χ2n) is 4.51. The topological polar surface area (TPSA) is 46.2 Å². The van der Waals surface area contributed by atoms with Crippen LogP contribution in [0.5, 0.6) is 0 Å². The zero-order chi connectivity index (χ0) is 14.7. The summed E-state index contributed by atoms with van der Waals surface area (Å²) in [6.45, 7) is 0.229. The first-order chi connectivity index (χ1) is 9.52. The third-order valence-corrected chi connectivity index (χ3v) is 4.18. The van der Waals surface area contributed by atoms with E-state index in [0.29, 0.717) is 4.47 Å². The van der Waals surface area contributed by atoms with Crippen LogP contribution < -0.4 is 5.73 Å². The van der Waals surface area contributed by atoms with Crippen LogP contribution in [-0.2, 0) is 0 Å². The van der Waals surface area contributed by atoms with Crippen LogP contribution in [0.15, 0.2) is 51.4 Å². The van der Waals surface area contributed by atoms with Crippen molar-refractivity contribution >= 4 is 31.9 Å². The molecule has 0 amide bonds. The first-order valence-electron chi connectivity index (χ1n) is 6.11. The molecule has 0 aromatic heterocycles. The molecule has 2 aromatic rings. The molecule has 3 N–H and O–H groups in total. The van der Waals surface area contributed by atoms with Crippen molar-refractivity contribution in [2.24, 2.45) is 5.73 Å². The van der Waals surface area contributed by atoms with Gasteiger partial charge in [-0.15, -0.1) is 0 Å². The minimum absolute atomic E-state index is 0.229. The molecular weight excluding hydrogens is 389 g/mol. The van der Waals surface area contributed by atoms with E-state index in [4.69, 9.17) is 5.73 Å². The van der Waals surface area contributed by atoms with Crippen LogP contribution in [-0.4, -0.2) is 11.7 Å². The Bertz CT molecular complexity index is 606. The van der Waals surface area contributed by atoms with Crippen molar-refractivity contribution in [2.75, 3.05) is 6.54 Å². The van der Waals surface area contributed by atoms with Gasteiger partial charge in [0.2, 0.25) is 0 Å². The van der Waals surface area contributed by atoms with Crippen LogP contribution in [0, 0.1) is 5.82 Å². The Labute approximate surface area is 134 Å². The number of aliphatic hydroxyl groups is 1. The fourth-order valence-electron chi connectivity index (χ4n) is 2.14. The molecule has 2 nitrogen and oxygen atoms in total. The molecule has 106 valence electrons. The monoisotopic (exact) mass is 401 g/mol. The lowest BCUT2D eigenvalue weighted by molar-refractivity contribution is 0.143. The minimum atomic E-state index is -0.984. The maximum absolute atomic E-state index is 14.0. The van der Waals surface area contributed by atoms with Crippen molar-refractivity contribution < 1.29 is 9.50 Å². The van der Waals surface area contributed by atoms with Gasteiger partial charge in [0.1, 0.15) is 5.82 Å². The maximum Gasteiger partial charge on any atom is 0.130 e. The Morgan fingerprint density at radius 3 is 2.40 bits per heavy atom. The van der Waals surface area contributed by atoms with Crippen LogP contribution in [0.4, 0.5) is 4.39 Å². The Hall–Kier alpha value is -0.750. The van der Waals surface area contributed by atoms with E-state index in [1.807, 2.05) is 24.3 Å². The van der Waals surface area contributed by atoms with Gasteiger partial charge < -0.3 is 10.8 Å². The first kappa shape index (κ1) is 15.6. The van der Waals surface area contributed by atoms with Gasteiger partial charge in [0, 0.05) is 27.0 Å². The molecule has 5 heteroatoms. The summed E-state index contributed by atoms with van der Waals surface area (Å²) in [7, 11) is 0. The summed E-state index contributed by atoms with van der Waals surface area (Å²) in [5.41, 5.74) is 6.89. The van der Waals surface area contributed by atoms with Crippen LogP contribution in [0.1, 0.15) is 23.1 Å². The first-order valence-corrected chi connectivity index (χ1v) is 7.70. The number of rotatable bonds is 4. The van der Waals surface area contributed by atoms with Crippen molar-refractivity contribution in [3.05, 3.63) is 68.4 Å². The summed E-state index contributed by atoms with van der Waals surface area (Å²) >= 11 is 6.59. The van der Waals surface area contributed by atoms with Crippen LogP contribution in [0.2, 0.25) is 0 Å². The van der Waals surface area contributed by atoms with Gasteiger partial charge in [-0.1, -0.05) is 50.1 Å². The zero-order valence-corrected chi connectivity index (χ0v) is 13.7. The van der Waals surface area contributed by atoms with Crippen LogP contribution >= 0.6 is 31.9 Å². The average molecular weight is 403 g/mol. The number of hydrogen-bond acceptors (Lipinski definition) is 2. The van der Waals surface area contributed by atoms with Crippen molar-refractivity contribution in [2.45, 2.75) is 12.0 Å². The molecule has 0 radical (unpaired) electrons. The third kappa shape index (κ3) is 3.47. The zero-order valence-electron chi connectivity index (χ0n) is 10.6. The fourth-order valence-corrected chi connectivity index (χ4v) is 2.89. The van der Waals surface area contributed by atoms with E-state index in [0.717, 1.165) is 10.0 Å². The molecule has 2 rings (SSSR count). The smallest absolute Gasteiger partial charge is 0.130 e. The lowest BCUT2D eigenvalue weighted by Gasteiger charge is -2.23. The predicted molar refractivity (Wildman–Crippen MR) is 85.0 cm³/mol. The van der Waals surface area contributed by atoms with Gasteiger partial charge in [0.05, 0.1) is 6.10 Å². The summed E-state index contributed by atoms with van der Waals surface area (Å²) < 4.78 is 15.5. The summed E-state index contributed by atoms with van der Waals surface area (Å²) in [6, 6.07) is 12.1. The highest BCUT2D eigenvalue weighted by Crippen LogP contribution is 2.33.